The highest BCUT2D eigenvalue weighted by atomic mass is 35.5. The Balaban J connectivity index is 2.10. The molecule has 0 aliphatic carbocycles. The number of aliphatic hydroxyl groups is 1. The Hall–Kier alpha value is -1.39. The predicted molar refractivity (Wildman–Crippen MR) is 75.3 cm³/mol. The van der Waals surface area contributed by atoms with Crippen LogP contribution in [-0.4, -0.2) is 26.0 Å². The number of pyridine rings is 1. The van der Waals surface area contributed by atoms with Crippen LogP contribution in [0.1, 0.15) is 22.5 Å². The molecule has 0 aromatic carbocycles. The normalized spacial score (nSPS) is 12.7. The molecule has 2 rings (SSSR count). The lowest BCUT2D eigenvalue weighted by atomic mass is 10.0. The SMILES string of the molecule is Cc1nn(C)c(C)c1CC(O)Cc1ccncc1Cl. The van der Waals surface area contributed by atoms with E-state index in [0.29, 0.717) is 17.9 Å². The van der Waals surface area contributed by atoms with E-state index < -0.39 is 6.10 Å². The lowest BCUT2D eigenvalue weighted by molar-refractivity contribution is 0.175. The maximum absolute atomic E-state index is 10.2. The molecule has 1 N–H and O–H groups in total. The molecule has 0 aliphatic heterocycles. The van der Waals surface area contributed by atoms with E-state index in [2.05, 4.69) is 10.1 Å². The van der Waals surface area contributed by atoms with Crippen molar-refractivity contribution < 1.29 is 5.11 Å². The molecule has 0 spiro atoms. The van der Waals surface area contributed by atoms with Crippen molar-refractivity contribution in [3.05, 3.63) is 46.0 Å². The smallest absolute Gasteiger partial charge is 0.0629 e. The summed E-state index contributed by atoms with van der Waals surface area (Å²) < 4.78 is 1.84. The molecule has 0 amide bonds. The van der Waals surface area contributed by atoms with Crippen LogP contribution in [0, 0.1) is 13.8 Å². The summed E-state index contributed by atoms with van der Waals surface area (Å²) in [6.07, 6.45) is 3.93. The number of aromatic nitrogens is 3. The lowest BCUT2D eigenvalue weighted by Gasteiger charge is -2.12. The van der Waals surface area contributed by atoms with E-state index in [1.54, 1.807) is 12.4 Å². The standard InChI is InChI=1S/C14H18ClN3O/c1-9-13(10(2)18(3)17-9)7-12(19)6-11-4-5-16-8-14(11)15/h4-5,8,12,19H,6-7H2,1-3H3. The van der Waals surface area contributed by atoms with E-state index in [9.17, 15) is 5.11 Å². The minimum absolute atomic E-state index is 0.471. The van der Waals surface area contributed by atoms with E-state index in [0.717, 1.165) is 22.5 Å². The highest BCUT2D eigenvalue weighted by molar-refractivity contribution is 6.31. The molecule has 4 nitrogen and oxygen atoms in total. The molecule has 0 fully saturated rings. The van der Waals surface area contributed by atoms with Gasteiger partial charge in [0, 0.05) is 38.0 Å². The molecular formula is C14H18ClN3O. The molecular weight excluding hydrogens is 262 g/mol. The van der Waals surface area contributed by atoms with Gasteiger partial charge in [0.25, 0.3) is 0 Å². The van der Waals surface area contributed by atoms with Gasteiger partial charge in [-0.1, -0.05) is 11.6 Å². The molecule has 0 aliphatic rings. The van der Waals surface area contributed by atoms with E-state index in [-0.39, 0.29) is 0 Å². The van der Waals surface area contributed by atoms with Gasteiger partial charge in [-0.05, 0) is 31.0 Å². The second-order valence-corrected chi connectivity index (χ2v) is 5.21. The van der Waals surface area contributed by atoms with Crippen LogP contribution in [0.15, 0.2) is 18.5 Å². The number of rotatable bonds is 4. The molecule has 0 radical (unpaired) electrons. The minimum Gasteiger partial charge on any atom is -0.392 e. The molecule has 19 heavy (non-hydrogen) atoms. The Morgan fingerprint density at radius 3 is 2.68 bits per heavy atom. The largest absolute Gasteiger partial charge is 0.392 e. The number of aryl methyl sites for hydroxylation is 2. The van der Waals surface area contributed by atoms with Gasteiger partial charge in [-0.3, -0.25) is 9.67 Å². The van der Waals surface area contributed by atoms with Gasteiger partial charge in [0.2, 0.25) is 0 Å². The first-order chi connectivity index (χ1) is 8.99. The van der Waals surface area contributed by atoms with E-state index in [4.69, 9.17) is 11.6 Å². The Labute approximate surface area is 118 Å². The van der Waals surface area contributed by atoms with Crippen LogP contribution in [0.4, 0.5) is 0 Å². The van der Waals surface area contributed by atoms with Crippen molar-refractivity contribution in [2.45, 2.75) is 32.8 Å². The highest BCUT2D eigenvalue weighted by Gasteiger charge is 2.15. The zero-order valence-electron chi connectivity index (χ0n) is 11.4. The Kier molecular flexibility index (Phi) is 4.22. The molecule has 0 bridgehead atoms. The molecule has 2 heterocycles. The summed E-state index contributed by atoms with van der Waals surface area (Å²) in [5.41, 5.74) is 4.10. The van der Waals surface area contributed by atoms with Gasteiger partial charge in [0.15, 0.2) is 0 Å². The molecule has 1 unspecified atom stereocenters. The van der Waals surface area contributed by atoms with Gasteiger partial charge >= 0.3 is 0 Å². The second-order valence-electron chi connectivity index (χ2n) is 4.80. The van der Waals surface area contributed by atoms with E-state index >= 15 is 0 Å². The Bertz CT molecular complexity index is 580. The molecule has 0 saturated carbocycles. The van der Waals surface area contributed by atoms with E-state index in [1.165, 1.54) is 0 Å². The maximum atomic E-state index is 10.2. The number of aliphatic hydroxyl groups excluding tert-OH is 1. The maximum Gasteiger partial charge on any atom is 0.0629 e. The van der Waals surface area contributed by atoms with Crippen molar-refractivity contribution in [1.82, 2.24) is 14.8 Å². The van der Waals surface area contributed by atoms with Gasteiger partial charge in [0.05, 0.1) is 16.8 Å². The number of hydrogen-bond acceptors (Lipinski definition) is 3. The average molecular weight is 280 g/mol. The predicted octanol–water partition coefficient (Wildman–Crippen LogP) is 2.23. The van der Waals surface area contributed by atoms with Crippen molar-refractivity contribution in [3.8, 4) is 0 Å². The van der Waals surface area contributed by atoms with Gasteiger partial charge in [-0.15, -0.1) is 0 Å². The average Bonchev–Trinajstić information content (AvgIpc) is 2.59. The van der Waals surface area contributed by atoms with Crippen molar-refractivity contribution in [3.63, 3.8) is 0 Å². The summed E-state index contributed by atoms with van der Waals surface area (Å²) in [5.74, 6) is 0. The second kappa shape index (κ2) is 5.72. The molecule has 5 heteroatoms. The summed E-state index contributed by atoms with van der Waals surface area (Å²) in [4.78, 5) is 3.94. The van der Waals surface area contributed by atoms with Crippen LogP contribution in [0.25, 0.3) is 0 Å². The van der Waals surface area contributed by atoms with Crippen molar-refractivity contribution in [2.75, 3.05) is 0 Å². The molecule has 0 saturated heterocycles. The third-order valence-corrected chi connectivity index (χ3v) is 3.75. The molecule has 1 atom stereocenters. The number of halogens is 1. The van der Waals surface area contributed by atoms with Crippen LogP contribution < -0.4 is 0 Å². The fourth-order valence-electron chi connectivity index (χ4n) is 2.24. The summed E-state index contributed by atoms with van der Waals surface area (Å²) in [5, 5.41) is 15.2. The fourth-order valence-corrected chi connectivity index (χ4v) is 2.44. The van der Waals surface area contributed by atoms with Crippen LogP contribution in [-0.2, 0) is 19.9 Å². The first-order valence-corrected chi connectivity index (χ1v) is 6.62. The van der Waals surface area contributed by atoms with Crippen molar-refractivity contribution >= 4 is 11.6 Å². The number of nitrogens with zero attached hydrogens (tertiary/aromatic N) is 3. The Morgan fingerprint density at radius 1 is 1.37 bits per heavy atom. The van der Waals surface area contributed by atoms with Crippen molar-refractivity contribution in [1.29, 1.82) is 0 Å². The van der Waals surface area contributed by atoms with Crippen LogP contribution in [0.3, 0.4) is 0 Å². The van der Waals surface area contributed by atoms with Crippen LogP contribution in [0.2, 0.25) is 5.02 Å². The minimum atomic E-state index is -0.471. The fraction of sp³-hybridized carbons (Fsp3) is 0.429. The molecule has 102 valence electrons. The topological polar surface area (TPSA) is 50.9 Å². The quantitative estimate of drug-likeness (QED) is 0.934. The van der Waals surface area contributed by atoms with Gasteiger partial charge in [-0.2, -0.15) is 5.10 Å². The summed E-state index contributed by atoms with van der Waals surface area (Å²) >= 11 is 6.05. The lowest BCUT2D eigenvalue weighted by Crippen LogP contribution is -2.15. The highest BCUT2D eigenvalue weighted by Crippen LogP contribution is 2.19. The summed E-state index contributed by atoms with van der Waals surface area (Å²) in [6, 6.07) is 1.84. The zero-order valence-corrected chi connectivity index (χ0v) is 12.1. The van der Waals surface area contributed by atoms with E-state index in [1.807, 2.05) is 31.6 Å². The Morgan fingerprint density at radius 2 is 2.11 bits per heavy atom. The van der Waals surface area contributed by atoms with Crippen molar-refractivity contribution in [2.24, 2.45) is 7.05 Å². The van der Waals surface area contributed by atoms with Gasteiger partial charge < -0.3 is 5.11 Å². The monoisotopic (exact) mass is 279 g/mol. The molecule has 2 aromatic heterocycles. The summed E-state index contributed by atoms with van der Waals surface area (Å²) in [6.45, 7) is 3.98. The first-order valence-electron chi connectivity index (χ1n) is 6.24. The zero-order chi connectivity index (χ0) is 14.0. The van der Waals surface area contributed by atoms with Gasteiger partial charge in [-0.25, -0.2) is 0 Å². The molecule has 2 aromatic rings. The van der Waals surface area contributed by atoms with Crippen LogP contribution in [0.5, 0.6) is 0 Å². The first kappa shape index (κ1) is 14.0. The van der Waals surface area contributed by atoms with Crippen LogP contribution >= 0.6 is 11.6 Å². The van der Waals surface area contributed by atoms with Gasteiger partial charge in [0.1, 0.15) is 0 Å². The number of hydrogen-bond donors (Lipinski definition) is 1. The summed E-state index contributed by atoms with van der Waals surface area (Å²) in [7, 11) is 1.91. The third kappa shape index (κ3) is 3.14. The third-order valence-electron chi connectivity index (χ3n) is 3.41.